The molecular formula is C20H19N5O. The maximum absolute atomic E-state index is 5.73. The van der Waals surface area contributed by atoms with E-state index in [9.17, 15) is 0 Å². The van der Waals surface area contributed by atoms with Crippen molar-refractivity contribution in [3.63, 3.8) is 0 Å². The van der Waals surface area contributed by atoms with Crippen molar-refractivity contribution in [1.29, 1.82) is 0 Å². The number of benzene rings is 1. The fourth-order valence-corrected chi connectivity index (χ4v) is 3.48. The molecule has 0 amide bonds. The van der Waals surface area contributed by atoms with E-state index in [1.807, 2.05) is 0 Å². The van der Waals surface area contributed by atoms with Crippen molar-refractivity contribution in [2.75, 3.05) is 13.1 Å². The molecule has 130 valence electrons. The smallest absolute Gasteiger partial charge is 0.232 e. The van der Waals surface area contributed by atoms with Gasteiger partial charge in [-0.15, -0.1) is 0 Å². The van der Waals surface area contributed by atoms with Crippen molar-refractivity contribution in [3.05, 3.63) is 72.1 Å². The van der Waals surface area contributed by atoms with E-state index in [1.165, 1.54) is 17.0 Å². The summed E-state index contributed by atoms with van der Waals surface area (Å²) >= 11 is 0. The number of hydrogen-bond acceptors (Lipinski definition) is 5. The van der Waals surface area contributed by atoms with Crippen molar-refractivity contribution < 1.29 is 4.74 Å². The van der Waals surface area contributed by atoms with Gasteiger partial charge in [-0.3, -0.25) is 4.98 Å². The van der Waals surface area contributed by atoms with E-state index in [4.69, 9.17) is 9.72 Å². The van der Waals surface area contributed by atoms with Gasteiger partial charge in [0, 0.05) is 44.1 Å². The first-order chi connectivity index (χ1) is 12.9. The van der Waals surface area contributed by atoms with Crippen LogP contribution in [0.5, 0.6) is 5.88 Å². The van der Waals surface area contributed by atoms with Gasteiger partial charge in [-0.1, -0.05) is 12.1 Å². The van der Waals surface area contributed by atoms with Gasteiger partial charge in [0.1, 0.15) is 12.4 Å². The minimum atomic E-state index is 0.471. The van der Waals surface area contributed by atoms with Crippen LogP contribution >= 0.6 is 0 Å². The average Bonchev–Trinajstić information content (AvgIpc) is 2.85. The summed E-state index contributed by atoms with van der Waals surface area (Å²) < 4.78 is 8.08. The van der Waals surface area contributed by atoms with Gasteiger partial charge in [0.15, 0.2) is 0 Å². The van der Waals surface area contributed by atoms with Gasteiger partial charge in [-0.25, -0.2) is 9.97 Å². The molecule has 0 bridgehead atoms. The van der Waals surface area contributed by atoms with Crippen LogP contribution in [-0.2, 0) is 19.6 Å². The molecule has 6 nitrogen and oxygen atoms in total. The van der Waals surface area contributed by atoms with Gasteiger partial charge in [0.2, 0.25) is 5.88 Å². The Hall–Kier alpha value is -3.15. The Labute approximate surface area is 151 Å². The van der Waals surface area contributed by atoms with E-state index >= 15 is 0 Å². The lowest BCUT2D eigenvalue weighted by Crippen LogP contribution is -2.26. The average molecular weight is 345 g/mol. The third-order valence-electron chi connectivity index (χ3n) is 4.92. The zero-order valence-electron chi connectivity index (χ0n) is 14.4. The third-order valence-corrected chi connectivity index (χ3v) is 4.92. The summed E-state index contributed by atoms with van der Waals surface area (Å²) in [6.07, 6.45) is 12.3. The number of aromatic nitrogens is 4. The van der Waals surface area contributed by atoms with Crippen LogP contribution in [0.2, 0.25) is 0 Å². The summed E-state index contributed by atoms with van der Waals surface area (Å²) in [5.74, 6) is 1.70. The highest BCUT2D eigenvalue weighted by molar-refractivity contribution is 5.77. The van der Waals surface area contributed by atoms with Crippen LogP contribution < -0.4 is 4.74 Å². The predicted molar refractivity (Wildman–Crippen MR) is 98.6 cm³/mol. The molecule has 3 heterocycles. The molecule has 0 radical (unpaired) electrons. The Kier molecular flexibility index (Phi) is 3.66. The molecule has 1 aliphatic heterocycles. The molecule has 2 aromatic heterocycles. The first-order valence-electron chi connectivity index (χ1n) is 8.87. The summed E-state index contributed by atoms with van der Waals surface area (Å²) in [6, 6.07) is 6.34. The Morgan fingerprint density at radius 1 is 1.12 bits per heavy atom. The highest BCUT2D eigenvalue weighted by Crippen LogP contribution is 2.23. The lowest BCUT2D eigenvalue weighted by atomic mass is 10.2. The normalized spacial score (nSPS) is 16.0. The fraction of sp³-hybridized carbons (Fsp3) is 0.250. The number of fused-ring (bicyclic) bond motifs is 3. The molecule has 1 aliphatic carbocycles. The maximum atomic E-state index is 5.73. The van der Waals surface area contributed by atoms with E-state index in [0.29, 0.717) is 12.5 Å². The van der Waals surface area contributed by atoms with Gasteiger partial charge in [0.25, 0.3) is 0 Å². The first kappa shape index (κ1) is 15.1. The molecule has 0 atom stereocenters. The van der Waals surface area contributed by atoms with E-state index in [1.54, 1.807) is 18.6 Å². The van der Waals surface area contributed by atoms with Crippen LogP contribution in [0.15, 0.2) is 60.7 Å². The van der Waals surface area contributed by atoms with Crippen LogP contribution in [0.4, 0.5) is 0 Å². The van der Waals surface area contributed by atoms with Gasteiger partial charge >= 0.3 is 0 Å². The second-order valence-corrected chi connectivity index (χ2v) is 6.52. The first-order valence-corrected chi connectivity index (χ1v) is 8.87. The minimum absolute atomic E-state index is 0.471. The number of rotatable bonds is 4. The highest BCUT2D eigenvalue weighted by Gasteiger charge is 2.19. The molecule has 5 rings (SSSR count). The number of allylic oxidation sites excluding steroid dienone is 3. The van der Waals surface area contributed by atoms with Gasteiger partial charge in [-0.2, -0.15) is 0 Å². The fourth-order valence-electron chi connectivity index (χ4n) is 3.48. The predicted octanol–water partition coefficient (Wildman–Crippen LogP) is 2.72. The van der Waals surface area contributed by atoms with Crippen molar-refractivity contribution in [3.8, 4) is 5.88 Å². The molecule has 0 saturated heterocycles. The second-order valence-electron chi connectivity index (χ2n) is 6.52. The van der Waals surface area contributed by atoms with Crippen molar-refractivity contribution in [2.24, 2.45) is 0 Å². The molecule has 0 saturated carbocycles. The molecule has 0 fully saturated rings. The van der Waals surface area contributed by atoms with E-state index in [0.717, 1.165) is 37.1 Å². The van der Waals surface area contributed by atoms with Gasteiger partial charge in [-0.05, 0) is 29.8 Å². The van der Waals surface area contributed by atoms with Crippen molar-refractivity contribution in [2.45, 2.75) is 19.6 Å². The molecule has 0 spiro atoms. The topological polar surface area (TPSA) is 56.1 Å². The Balaban J connectivity index is 1.38. The van der Waals surface area contributed by atoms with Gasteiger partial charge < -0.3 is 14.2 Å². The molecule has 2 aliphatic rings. The summed E-state index contributed by atoms with van der Waals surface area (Å²) in [4.78, 5) is 15.5. The van der Waals surface area contributed by atoms with Crippen LogP contribution in [0.3, 0.4) is 0 Å². The quantitative estimate of drug-likeness (QED) is 0.728. The maximum Gasteiger partial charge on any atom is 0.232 e. The van der Waals surface area contributed by atoms with Gasteiger partial charge in [0.05, 0.1) is 17.2 Å². The zero-order chi connectivity index (χ0) is 17.3. The molecule has 0 N–H and O–H groups in total. The summed E-state index contributed by atoms with van der Waals surface area (Å²) in [6.45, 7) is 3.45. The molecule has 3 aromatic rings. The largest absolute Gasteiger partial charge is 0.472 e. The van der Waals surface area contributed by atoms with Crippen LogP contribution in [0.25, 0.3) is 11.0 Å². The Bertz CT molecular complexity index is 1010. The molecule has 6 heteroatoms. The summed E-state index contributed by atoms with van der Waals surface area (Å²) in [5, 5.41) is 0. The molecule has 1 aromatic carbocycles. The van der Waals surface area contributed by atoms with Crippen molar-refractivity contribution >= 4 is 11.0 Å². The monoisotopic (exact) mass is 345 g/mol. The Morgan fingerprint density at radius 3 is 2.88 bits per heavy atom. The van der Waals surface area contributed by atoms with Crippen LogP contribution in [0.1, 0.15) is 11.4 Å². The standard InChI is InChI=1S/C20H19N5O/c1-2-16(3-1)24-9-6-19-23-17-5-4-15(12-18(17)25(19)11-10-24)14-26-20-13-21-7-8-22-20/h1-5,7-8,12-13H,6,9-11,14H2. The Morgan fingerprint density at radius 2 is 2.08 bits per heavy atom. The second kappa shape index (κ2) is 6.29. The lowest BCUT2D eigenvalue weighted by Gasteiger charge is -2.25. The SMILES string of the molecule is C1=CC(N2CCc3nc4ccc(COc5cnccn5)cc4n3CC2)=C1. The number of imidazole rings is 1. The molecular weight excluding hydrogens is 326 g/mol. The van der Waals surface area contributed by atoms with Crippen molar-refractivity contribution in [1.82, 2.24) is 24.4 Å². The number of nitrogens with zero attached hydrogens (tertiary/aromatic N) is 5. The number of ether oxygens (including phenoxy) is 1. The van der Waals surface area contributed by atoms with Crippen LogP contribution in [0, 0.1) is 0 Å². The summed E-state index contributed by atoms with van der Waals surface area (Å²) in [7, 11) is 0. The zero-order valence-corrected chi connectivity index (χ0v) is 14.4. The highest BCUT2D eigenvalue weighted by atomic mass is 16.5. The summed E-state index contributed by atoms with van der Waals surface area (Å²) in [5.41, 5.74) is 4.68. The molecule has 26 heavy (non-hydrogen) atoms. The van der Waals surface area contributed by atoms with E-state index in [-0.39, 0.29) is 0 Å². The van der Waals surface area contributed by atoms with E-state index in [2.05, 4.69) is 55.9 Å². The van der Waals surface area contributed by atoms with Crippen LogP contribution in [-0.4, -0.2) is 37.5 Å². The minimum Gasteiger partial charge on any atom is -0.472 e. The third kappa shape index (κ3) is 2.73. The molecule has 0 unspecified atom stereocenters. The van der Waals surface area contributed by atoms with E-state index < -0.39 is 0 Å². The number of hydrogen-bond donors (Lipinski definition) is 0. The lowest BCUT2D eigenvalue weighted by molar-refractivity contribution is 0.292.